The summed E-state index contributed by atoms with van der Waals surface area (Å²) in [7, 11) is -0.383. The molecule has 0 spiro atoms. The lowest BCUT2D eigenvalue weighted by atomic mass is 9.99. The van der Waals surface area contributed by atoms with Gasteiger partial charge >= 0.3 is 0 Å². The fourth-order valence-electron chi connectivity index (χ4n) is 4.98. The van der Waals surface area contributed by atoms with Crippen LogP contribution in [-0.4, -0.2) is 80.4 Å². The number of ether oxygens (including phenoxy) is 2. The molecule has 11 nitrogen and oxygen atoms in total. The zero-order valence-electron chi connectivity index (χ0n) is 24.2. The summed E-state index contributed by atoms with van der Waals surface area (Å²) in [5, 5.41) is 13.7. The van der Waals surface area contributed by atoms with E-state index in [9.17, 15) is 18.3 Å². The maximum absolute atomic E-state index is 13.7. The van der Waals surface area contributed by atoms with Crippen LogP contribution >= 0.6 is 0 Å². The van der Waals surface area contributed by atoms with Crippen molar-refractivity contribution in [3.8, 4) is 11.5 Å². The van der Waals surface area contributed by atoms with Crippen LogP contribution in [0.25, 0.3) is 0 Å². The first-order chi connectivity index (χ1) is 19.4. The normalized spacial score (nSPS) is 18.3. The number of sulfonamides is 1. The Hall–Kier alpha value is -3.61. The second-order valence-corrected chi connectivity index (χ2v) is 12.3. The van der Waals surface area contributed by atoms with Gasteiger partial charge in [0.05, 0.1) is 25.3 Å². The van der Waals surface area contributed by atoms with Gasteiger partial charge < -0.3 is 24.0 Å². The van der Waals surface area contributed by atoms with Crippen molar-refractivity contribution in [3.05, 3.63) is 65.0 Å². The summed E-state index contributed by atoms with van der Waals surface area (Å²) in [6.07, 6.45) is -0.289. The van der Waals surface area contributed by atoms with E-state index in [0.29, 0.717) is 25.4 Å². The SMILES string of the molecule is COc1ccc(CN(C)C[C@@H]2Oc3ccc(NS(=O)(=O)c4c(C)noc4C)cc3C(=O)N([C@@H](C)CO)C[C@H]2C)cc1. The molecule has 2 heterocycles. The van der Waals surface area contributed by atoms with Gasteiger partial charge in [0.15, 0.2) is 10.7 Å². The minimum Gasteiger partial charge on any atom is -0.497 e. The van der Waals surface area contributed by atoms with E-state index >= 15 is 0 Å². The average Bonchev–Trinajstić information content (AvgIpc) is 3.29. The Bertz CT molecular complexity index is 1450. The minimum atomic E-state index is -4.02. The van der Waals surface area contributed by atoms with Gasteiger partial charge in [0.1, 0.15) is 23.3 Å². The van der Waals surface area contributed by atoms with E-state index in [0.717, 1.165) is 11.3 Å². The van der Waals surface area contributed by atoms with E-state index in [1.165, 1.54) is 13.0 Å². The molecule has 0 unspecified atom stereocenters. The van der Waals surface area contributed by atoms with Gasteiger partial charge in [-0.25, -0.2) is 8.42 Å². The number of aryl methyl sites for hydroxylation is 2. The van der Waals surface area contributed by atoms with Crippen molar-refractivity contribution in [1.29, 1.82) is 0 Å². The largest absolute Gasteiger partial charge is 0.497 e. The Morgan fingerprint density at radius 3 is 2.54 bits per heavy atom. The Balaban J connectivity index is 1.62. The Morgan fingerprint density at radius 1 is 1.22 bits per heavy atom. The van der Waals surface area contributed by atoms with Gasteiger partial charge in [-0.1, -0.05) is 24.2 Å². The number of anilines is 1. The number of carbonyl (C=O) groups excluding carboxylic acids is 1. The van der Waals surface area contributed by atoms with Gasteiger partial charge in [0.2, 0.25) is 0 Å². The summed E-state index contributed by atoms with van der Waals surface area (Å²) in [5.74, 6) is 0.897. The predicted molar refractivity (Wildman–Crippen MR) is 154 cm³/mol. The van der Waals surface area contributed by atoms with Crippen LogP contribution in [0, 0.1) is 19.8 Å². The van der Waals surface area contributed by atoms with Crippen LogP contribution < -0.4 is 14.2 Å². The van der Waals surface area contributed by atoms with E-state index in [1.54, 1.807) is 38.0 Å². The van der Waals surface area contributed by atoms with Crippen LogP contribution in [0.2, 0.25) is 0 Å². The number of hydrogen-bond acceptors (Lipinski definition) is 9. The molecule has 0 bridgehead atoms. The standard InChI is InChI=1S/C29H38N4O7S/c1-18-14-33(19(2)17-34)29(35)25-13-23(31-41(36,37)28-20(3)30-40-21(28)4)9-12-26(25)39-27(18)16-32(5)15-22-7-10-24(38-6)11-8-22/h7-13,18-19,27,31,34H,14-17H2,1-6H3/t18-,19+,27+/m1/s1. The highest BCUT2D eigenvalue weighted by Crippen LogP contribution is 2.32. The number of benzene rings is 2. The van der Waals surface area contributed by atoms with E-state index in [2.05, 4.69) is 14.8 Å². The first-order valence-electron chi connectivity index (χ1n) is 13.4. The number of rotatable bonds is 10. The molecule has 0 fully saturated rings. The number of aliphatic hydroxyl groups is 1. The van der Waals surface area contributed by atoms with Gasteiger partial charge in [0, 0.05) is 31.2 Å². The van der Waals surface area contributed by atoms with E-state index < -0.39 is 16.1 Å². The molecule has 0 radical (unpaired) electrons. The minimum absolute atomic E-state index is 0.0452. The summed E-state index contributed by atoms with van der Waals surface area (Å²) in [6, 6.07) is 12.1. The van der Waals surface area contributed by atoms with Crippen molar-refractivity contribution in [2.45, 2.75) is 51.3 Å². The molecule has 2 aromatic carbocycles. The number of hydrogen-bond donors (Lipinski definition) is 2. The lowest BCUT2D eigenvalue weighted by molar-refractivity contribution is 0.0341. The average molecular weight is 587 g/mol. The molecule has 1 aliphatic rings. The van der Waals surface area contributed by atoms with Crippen LogP contribution in [-0.2, 0) is 16.6 Å². The highest BCUT2D eigenvalue weighted by atomic mass is 32.2. The molecule has 2 N–H and O–H groups in total. The van der Waals surface area contributed by atoms with Gasteiger partial charge in [-0.3, -0.25) is 14.4 Å². The quantitative estimate of drug-likeness (QED) is 0.366. The molecule has 0 saturated carbocycles. The number of fused-ring (bicyclic) bond motifs is 1. The van der Waals surface area contributed by atoms with Crippen LogP contribution in [0.3, 0.4) is 0 Å². The van der Waals surface area contributed by atoms with E-state index in [1.807, 2.05) is 38.2 Å². The monoisotopic (exact) mass is 586 g/mol. The molecule has 3 atom stereocenters. The second kappa shape index (κ2) is 12.5. The summed E-state index contributed by atoms with van der Waals surface area (Å²) >= 11 is 0. The van der Waals surface area contributed by atoms with Crippen LogP contribution in [0.5, 0.6) is 11.5 Å². The van der Waals surface area contributed by atoms with Gasteiger partial charge in [-0.2, -0.15) is 0 Å². The smallest absolute Gasteiger partial charge is 0.267 e. The summed E-state index contributed by atoms with van der Waals surface area (Å²) < 4.78 is 45.5. The molecule has 12 heteroatoms. The molecule has 41 heavy (non-hydrogen) atoms. The molecule has 1 amide bonds. The maximum Gasteiger partial charge on any atom is 0.267 e. The molecular formula is C29H38N4O7S. The first-order valence-corrected chi connectivity index (χ1v) is 14.9. The lowest BCUT2D eigenvalue weighted by Gasteiger charge is -2.38. The topological polar surface area (TPSA) is 134 Å². The van der Waals surface area contributed by atoms with Gasteiger partial charge in [-0.05, 0) is 63.7 Å². The number of methoxy groups -OCH3 is 1. The highest BCUT2D eigenvalue weighted by Gasteiger charge is 2.34. The fourth-order valence-corrected chi connectivity index (χ4v) is 6.36. The van der Waals surface area contributed by atoms with Gasteiger partial charge in [-0.15, -0.1) is 0 Å². The third kappa shape index (κ3) is 6.83. The second-order valence-electron chi connectivity index (χ2n) is 10.6. The third-order valence-electron chi connectivity index (χ3n) is 7.26. The number of aromatic nitrogens is 1. The van der Waals surface area contributed by atoms with Crippen molar-refractivity contribution in [2.24, 2.45) is 5.92 Å². The van der Waals surface area contributed by atoms with Gasteiger partial charge in [0.25, 0.3) is 15.9 Å². The van der Waals surface area contributed by atoms with E-state index in [-0.39, 0.29) is 52.1 Å². The Kier molecular flexibility index (Phi) is 9.25. The fraction of sp³-hybridized carbons (Fsp3) is 0.448. The lowest BCUT2D eigenvalue weighted by Crippen LogP contribution is -2.49. The van der Waals surface area contributed by atoms with Crippen LogP contribution in [0.4, 0.5) is 5.69 Å². The van der Waals surface area contributed by atoms with Crippen LogP contribution in [0.1, 0.15) is 41.2 Å². The summed E-state index contributed by atoms with van der Waals surface area (Å²) in [4.78, 5) is 17.5. The number of likely N-dealkylation sites (N-methyl/N-ethyl adjacent to an activating group) is 1. The first kappa shape index (κ1) is 30.4. The third-order valence-corrected chi connectivity index (χ3v) is 8.88. The molecule has 3 aromatic rings. The molecule has 0 saturated heterocycles. The highest BCUT2D eigenvalue weighted by molar-refractivity contribution is 7.92. The Labute approximate surface area is 241 Å². The molecule has 4 rings (SSSR count). The molecule has 222 valence electrons. The van der Waals surface area contributed by atoms with Crippen molar-refractivity contribution in [2.75, 3.05) is 38.6 Å². The Morgan fingerprint density at radius 2 is 1.93 bits per heavy atom. The number of aliphatic hydroxyl groups excluding tert-OH is 1. The summed E-state index contributed by atoms with van der Waals surface area (Å²) in [6.45, 7) is 8.27. The number of amides is 1. The molecule has 1 aliphatic heterocycles. The molecular weight excluding hydrogens is 548 g/mol. The van der Waals surface area contributed by atoms with Crippen molar-refractivity contribution >= 4 is 21.6 Å². The van der Waals surface area contributed by atoms with Crippen LogP contribution in [0.15, 0.2) is 51.9 Å². The van der Waals surface area contributed by atoms with Crippen molar-refractivity contribution < 1.29 is 32.3 Å². The number of nitrogens with one attached hydrogen (secondary N) is 1. The van der Waals surface area contributed by atoms with Crippen molar-refractivity contribution in [3.63, 3.8) is 0 Å². The summed E-state index contributed by atoms with van der Waals surface area (Å²) in [5.41, 5.74) is 1.75. The molecule has 1 aromatic heterocycles. The molecule has 0 aliphatic carbocycles. The predicted octanol–water partition coefficient (Wildman–Crippen LogP) is 3.45. The number of nitrogens with zero attached hydrogens (tertiary/aromatic N) is 3. The number of carbonyl (C=O) groups is 1. The van der Waals surface area contributed by atoms with Crippen molar-refractivity contribution in [1.82, 2.24) is 15.0 Å². The maximum atomic E-state index is 13.7. The zero-order chi connectivity index (χ0) is 29.9. The van der Waals surface area contributed by atoms with E-state index in [4.69, 9.17) is 14.0 Å². The zero-order valence-corrected chi connectivity index (χ0v) is 25.1.